The maximum absolute atomic E-state index is 11.5. The van der Waals surface area contributed by atoms with E-state index in [9.17, 15) is 4.79 Å². The summed E-state index contributed by atoms with van der Waals surface area (Å²) in [4.78, 5) is 11.5. The van der Waals surface area contributed by atoms with Crippen molar-refractivity contribution < 1.29 is 18.8 Å². The molecule has 0 fully saturated rings. The number of carbonyl (C=O) groups excluding carboxylic acids is 1. The van der Waals surface area contributed by atoms with Crippen LogP contribution >= 0.6 is 24.5 Å². The molecule has 0 atom stereocenters. The van der Waals surface area contributed by atoms with Gasteiger partial charge in [0, 0.05) is 5.02 Å². The second-order valence-electron chi connectivity index (χ2n) is 3.33. The van der Waals surface area contributed by atoms with Crippen LogP contribution in [-0.2, 0) is 4.74 Å². The average molecular weight is 293 g/mol. The fraction of sp³-hybridized carbons (Fsp3) is 0.417. The highest BCUT2D eigenvalue weighted by atomic mass is 35.5. The zero-order valence-corrected chi connectivity index (χ0v) is 12.0. The zero-order chi connectivity index (χ0) is 14.0. The quantitative estimate of drug-likeness (QED) is 0.376. The molecule has 1 aromatic carbocycles. The van der Waals surface area contributed by atoms with Gasteiger partial charge in [-0.2, -0.15) is 0 Å². The summed E-state index contributed by atoms with van der Waals surface area (Å²) in [6.45, 7) is 2.66. The Morgan fingerprint density at radius 3 is 2.67 bits per heavy atom. The monoisotopic (exact) mass is 292 g/mol. The first-order valence-electron chi connectivity index (χ1n) is 5.39. The van der Waals surface area contributed by atoms with Gasteiger partial charge in [0.05, 0.1) is 13.7 Å². The molecule has 0 saturated heterocycles. The van der Waals surface area contributed by atoms with Crippen LogP contribution in [0.2, 0.25) is 5.02 Å². The predicted molar refractivity (Wildman–Crippen MR) is 74.8 cm³/mol. The average Bonchev–Trinajstić information content (AvgIpc) is 2.42. The molecule has 1 rings (SSSR count). The van der Waals surface area contributed by atoms with E-state index < -0.39 is 5.97 Å². The number of methoxy groups -OCH3 is 1. The number of hydrogen-bond acceptors (Lipinski definition) is 5. The molecule has 102 valence electrons. The molecule has 0 unspecified atom stereocenters. The molecule has 1 aromatic rings. The van der Waals surface area contributed by atoms with E-state index in [1.165, 1.54) is 7.11 Å². The Labute approximate surface area is 117 Å². The van der Waals surface area contributed by atoms with Crippen molar-refractivity contribution in [3.05, 3.63) is 28.8 Å². The topological polar surface area (TPSA) is 55.8 Å². The number of carbonyl (C=O) groups is 1. The lowest BCUT2D eigenvalue weighted by Gasteiger charge is -2.09. The summed E-state index contributed by atoms with van der Waals surface area (Å²) in [5.41, 5.74) is 0.367. The maximum Gasteiger partial charge on any atom is 0.341 e. The van der Waals surface area contributed by atoms with Gasteiger partial charge in [-0.3, -0.25) is 0 Å². The standard InChI is InChI=1S/C12H15ClO3.H2OS/c1-3-4-7-16-11-6-5-9(13)8-10(11)12(14)15-2;1-2/h5-6,8H,3-4,7H2,1-2H3;1-2H. The highest BCUT2D eigenvalue weighted by Gasteiger charge is 2.13. The highest BCUT2D eigenvalue weighted by Crippen LogP contribution is 2.23. The van der Waals surface area contributed by atoms with Crippen LogP contribution in [0.5, 0.6) is 5.75 Å². The Morgan fingerprint density at radius 1 is 1.44 bits per heavy atom. The largest absolute Gasteiger partial charge is 0.493 e. The first kappa shape index (κ1) is 17.1. The Kier molecular flexibility index (Phi) is 9.55. The molecule has 0 saturated carbocycles. The number of thiol groups is 1. The maximum atomic E-state index is 11.5. The van der Waals surface area contributed by atoms with Crippen LogP contribution in [0.3, 0.4) is 0 Å². The smallest absolute Gasteiger partial charge is 0.341 e. The molecule has 0 amide bonds. The Balaban J connectivity index is 0.00000137. The molecule has 0 aliphatic heterocycles. The third-order valence-electron chi connectivity index (χ3n) is 2.10. The molecule has 4 nitrogen and oxygen atoms in total. The minimum Gasteiger partial charge on any atom is -0.493 e. The summed E-state index contributed by atoms with van der Waals surface area (Å²) in [6.07, 6.45) is 1.99. The van der Waals surface area contributed by atoms with Gasteiger partial charge in [-0.1, -0.05) is 24.9 Å². The fourth-order valence-corrected chi connectivity index (χ4v) is 1.40. The van der Waals surface area contributed by atoms with Gasteiger partial charge in [0.15, 0.2) is 0 Å². The van der Waals surface area contributed by atoms with Gasteiger partial charge in [-0.25, -0.2) is 4.79 Å². The first-order chi connectivity index (χ1) is 8.69. The normalized spacial score (nSPS) is 9.17. The van der Waals surface area contributed by atoms with Crippen LogP contribution in [0.25, 0.3) is 0 Å². The van der Waals surface area contributed by atoms with Gasteiger partial charge >= 0.3 is 5.97 Å². The molecule has 6 heteroatoms. The summed E-state index contributed by atoms with van der Waals surface area (Å²) < 4.78 is 16.9. The Morgan fingerprint density at radius 2 is 2.11 bits per heavy atom. The minimum atomic E-state index is -0.436. The molecule has 1 N–H and O–H groups in total. The van der Waals surface area contributed by atoms with E-state index >= 15 is 0 Å². The van der Waals surface area contributed by atoms with E-state index in [4.69, 9.17) is 20.9 Å². The molecular weight excluding hydrogens is 276 g/mol. The van der Waals surface area contributed by atoms with Gasteiger partial charge < -0.3 is 14.0 Å². The number of benzene rings is 1. The van der Waals surface area contributed by atoms with Crippen molar-refractivity contribution in [2.24, 2.45) is 0 Å². The van der Waals surface area contributed by atoms with Crippen LogP contribution < -0.4 is 4.74 Å². The van der Waals surface area contributed by atoms with Crippen LogP contribution in [0.4, 0.5) is 0 Å². The van der Waals surface area contributed by atoms with E-state index in [1.807, 2.05) is 0 Å². The van der Waals surface area contributed by atoms with E-state index in [-0.39, 0.29) is 0 Å². The van der Waals surface area contributed by atoms with Crippen LogP contribution in [-0.4, -0.2) is 24.2 Å². The lowest BCUT2D eigenvalue weighted by Crippen LogP contribution is -2.06. The summed E-state index contributed by atoms with van der Waals surface area (Å²) >= 11 is 8.34. The van der Waals surface area contributed by atoms with E-state index in [0.29, 0.717) is 22.9 Å². The molecule has 0 aliphatic rings. The second kappa shape index (κ2) is 10.1. The van der Waals surface area contributed by atoms with Crippen LogP contribution in [0.1, 0.15) is 30.1 Å². The van der Waals surface area contributed by atoms with Crippen LogP contribution in [0, 0.1) is 0 Å². The molecule has 0 aromatic heterocycles. The Hall–Kier alpha value is -0.910. The van der Waals surface area contributed by atoms with Crippen molar-refractivity contribution >= 4 is 30.5 Å². The molecule has 0 bridgehead atoms. The van der Waals surface area contributed by atoms with Gasteiger partial charge in [-0.15, -0.1) is 0 Å². The fourth-order valence-electron chi connectivity index (χ4n) is 1.22. The molecule has 0 heterocycles. The third kappa shape index (κ3) is 5.62. The van der Waals surface area contributed by atoms with Crippen molar-refractivity contribution in [3.8, 4) is 5.75 Å². The van der Waals surface area contributed by atoms with Gasteiger partial charge in [-0.05, 0) is 37.5 Å². The Bertz CT molecular complexity index is 371. The van der Waals surface area contributed by atoms with Crippen molar-refractivity contribution in [2.75, 3.05) is 13.7 Å². The van der Waals surface area contributed by atoms with Crippen molar-refractivity contribution in [1.82, 2.24) is 0 Å². The van der Waals surface area contributed by atoms with Crippen molar-refractivity contribution in [1.29, 1.82) is 0 Å². The predicted octanol–water partition coefficient (Wildman–Crippen LogP) is 3.69. The third-order valence-corrected chi connectivity index (χ3v) is 2.34. The van der Waals surface area contributed by atoms with E-state index in [0.717, 1.165) is 12.8 Å². The molecule has 0 aliphatic carbocycles. The van der Waals surface area contributed by atoms with Crippen LogP contribution in [0.15, 0.2) is 18.2 Å². The summed E-state index contributed by atoms with van der Waals surface area (Å²) in [6, 6.07) is 4.92. The number of unbranched alkanes of at least 4 members (excludes halogenated alkanes) is 1. The first-order valence-corrected chi connectivity index (χ1v) is 6.17. The lowest BCUT2D eigenvalue weighted by molar-refractivity contribution is 0.0596. The number of halogens is 1. The molecule has 0 radical (unpaired) electrons. The van der Waals surface area contributed by atoms with Crippen molar-refractivity contribution in [3.63, 3.8) is 0 Å². The molecular formula is C12H17ClO4S. The second-order valence-corrected chi connectivity index (χ2v) is 3.77. The van der Waals surface area contributed by atoms with E-state index in [1.54, 1.807) is 18.2 Å². The summed E-state index contributed by atoms with van der Waals surface area (Å²) in [5.74, 6) is 0.0821. The van der Waals surface area contributed by atoms with Gasteiger partial charge in [0.25, 0.3) is 0 Å². The SMILES string of the molecule is CCCCOc1ccc(Cl)cc1C(=O)OC.OS. The lowest BCUT2D eigenvalue weighted by atomic mass is 10.2. The zero-order valence-electron chi connectivity index (χ0n) is 10.4. The number of rotatable bonds is 5. The minimum absolute atomic E-state index is 0.367. The number of hydrogen-bond donors (Lipinski definition) is 2. The molecule has 18 heavy (non-hydrogen) atoms. The van der Waals surface area contributed by atoms with E-state index in [2.05, 4.69) is 24.6 Å². The number of esters is 1. The molecule has 0 spiro atoms. The summed E-state index contributed by atoms with van der Waals surface area (Å²) in [7, 11) is 1.33. The highest BCUT2D eigenvalue weighted by molar-refractivity contribution is 7.74. The van der Waals surface area contributed by atoms with Gasteiger partial charge in [0.1, 0.15) is 11.3 Å². The van der Waals surface area contributed by atoms with Crippen molar-refractivity contribution in [2.45, 2.75) is 19.8 Å². The number of ether oxygens (including phenoxy) is 2. The van der Waals surface area contributed by atoms with Gasteiger partial charge in [0.2, 0.25) is 0 Å². The summed E-state index contributed by atoms with van der Waals surface area (Å²) in [5, 5.41) is 0.489.